The number of carbonyl (C=O) groups excluding carboxylic acids is 1. The summed E-state index contributed by atoms with van der Waals surface area (Å²) in [6.45, 7) is 2.41. The Hall–Kier alpha value is -2.11. The third-order valence-corrected chi connectivity index (χ3v) is 2.77. The minimum absolute atomic E-state index is 0.143. The number of pyridine rings is 1. The van der Waals surface area contributed by atoms with Gasteiger partial charge < -0.3 is 15.7 Å². The molecule has 1 unspecified atom stereocenters. The molecule has 0 fully saturated rings. The molecule has 0 aliphatic carbocycles. The summed E-state index contributed by atoms with van der Waals surface area (Å²) < 4.78 is 0. The lowest BCUT2D eigenvalue weighted by molar-refractivity contribution is -0.141. The van der Waals surface area contributed by atoms with Crippen LogP contribution in [0, 0.1) is 5.92 Å². The van der Waals surface area contributed by atoms with Gasteiger partial charge in [0, 0.05) is 25.5 Å². The van der Waals surface area contributed by atoms with Crippen LogP contribution in [0.1, 0.15) is 18.9 Å². The van der Waals surface area contributed by atoms with Crippen LogP contribution >= 0.6 is 0 Å². The van der Waals surface area contributed by atoms with Gasteiger partial charge in [0.1, 0.15) is 0 Å². The number of carboxylic acid groups (broad SMARTS) is 1. The van der Waals surface area contributed by atoms with Gasteiger partial charge in [-0.25, -0.2) is 4.79 Å². The lowest BCUT2D eigenvalue weighted by Gasteiger charge is -2.11. The molecule has 3 N–H and O–H groups in total. The van der Waals surface area contributed by atoms with Crippen molar-refractivity contribution in [2.75, 3.05) is 13.1 Å². The van der Waals surface area contributed by atoms with Crippen molar-refractivity contribution < 1.29 is 14.7 Å². The van der Waals surface area contributed by atoms with Crippen molar-refractivity contribution in [2.45, 2.75) is 19.8 Å². The molecule has 1 aromatic rings. The maximum absolute atomic E-state index is 11.4. The third-order valence-electron chi connectivity index (χ3n) is 2.77. The molecule has 0 radical (unpaired) electrons. The summed E-state index contributed by atoms with van der Waals surface area (Å²) in [6, 6.07) is 3.43. The fourth-order valence-electron chi connectivity index (χ4n) is 1.55. The Kier molecular flexibility index (Phi) is 6.35. The second-order valence-corrected chi connectivity index (χ2v) is 4.19. The average molecular weight is 265 g/mol. The van der Waals surface area contributed by atoms with Crippen molar-refractivity contribution in [1.82, 2.24) is 15.6 Å². The number of rotatable bonds is 7. The van der Waals surface area contributed by atoms with E-state index >= 15 is 0 Å². The number of amides is 2. The maximum atomic E-state index is 11.4. The van der Waals surface area contributed by atoms with Gasteiger partial charge in [-0.15, -0.1) is 0 Å². The highest BCUT2D eigenvalue weighted by Gasteiger charge is 2.15. The highest BCUT2D eigenvalue weighted by Crippen LogP contribution is 2.00. The first-order valence-corrected chi connectivity index (χ1v) is 6.27. The van der Waals surface area contributed by atoms with E-state index in [2.05, 4.69) is 15.6 Å². The van der Waals surface area contributed by atoms with E-state index in [0.717, 1.165) is 5.56 Å². The van der Waals surface area contributed by atoms with E-state index in [1.165, 1.54) is 0 Å². The summed E-state index contributed by atoms with van der Waals surface area (Å²) >= 11 is 0. The summed E-state index contributed by atoms with van der Waals surface area (Å²) in [5.74, 6) is -1.43. The predicted octanol–water partition coefficient (Wildman–Crippen LogP) is 1.03. The normalized spacial score (nSPS) is 11.6. The Bertz CT molecular complexity index is 409. The van der Waals surface area contributed by atoms with Crippen LogP contribution in [-0.2, 0) is 11.2 Å². The van der Waals surface area contributed by atoms with Crippen LogP contribution in [0.25, 0.3) is 0 Å². The molecule has 6 nitrogen and oxygen atoms in total. The van der Waals surface area contributed by atoms with Gasteiger partial charge in [0.2, 0.25) is 0 Å². The van der Waals surface area contributed by atoms with Gasteiger partial charge in [0.25, 0.3) is 0 Å². The molecule has 0 aromatic carbocycles. The van der Waals surface area contributed by atoms with E-state index in [4.69, 9.17) is 5.11 Å². The molecular weight excluding hydrogens is 246 g/mol. The number of carboxylic acids is 1. The molecule has 0 saturated heterocycles. The zero-order valence-electron chi connectivity index (χ0n) is 10.9. The monoisotopic (exact) mass is 265 g/mol. The van der Waals surface area contributed by atoms with E-state index in [1.54, 1.807) is 19.3 Å². The molecule has 6 heteroatoms. The van der Waals surface area contributed by atoms with E-state index in [1.807, 2.05) is 12.1 Å². The van der Waals surface area contributed by atoms with Gasteiger partial charge >= 0.3 is 12.0 Å². The van der Waals surface area contributed by atoms with Crippen molar-refractivity contribution in [3.63, 3.8) is 0 Å². The first kappa shape index (κ1) is 14.9. The molecular formula is C13H19N3O3. The largest absolute Gasteiger partial charge is 0.481 e. The number of aromatic nitrogens is 1. The minimum Gasteiger partial charge on any atom is -0.481 e. The molecule has 104 valence electrons. The molecule has 1 rings (SSSR count). The summed E-state index contributed by atoms with van der Waals surface area (Å²) in [5, 5.41) is 14.1. The Morgan fingerprint density at radius 3 is 2.79 bits per heavy atom. The lowest BCUT2D eigenvalue weighted by Crippen LogP contribution is -2.40. The Morgan fingerprint density at radius 2 is 2.21 bits per heavy atom. The molecule has 0 bridgehead atoms. The van der Waals surface area contributed by atoms with Crippen LogP contribution in [0.4, 0.5) is 4.79 Å². The Labute approximate surface area is 112 Å². The van der Waals surface area contributed by atoms with Crippen molar-refractivity contribution in [3.8, 4) is 0 Å². The highest BCUT2D eigenvalue weighted by atomic mass is 16.4. The van der Waals surface area contributed by atoms with Crippen molar-refractivity contribution in [2.24, 2.45) is 5.92 Å². The molecule has 0 saturated carbocycles. The maximum Gasteiger partial charge on any atom is 0.314 e. The Balaban J connectivity index is 2.19. The molecule has 1 heterocycles. The lowest BCUT2D eigenvalue weighted by atomic mass is 10.1. The predicted molar refractivity (Wildman–Crippen MR) is 70.8 cm³/mol. The van der Waals surface area contributed by atoms with Crippen molar-refractivity contribution >= 4 is 12.0 Å². The topological polar surface area (TPSA) is 91.3 Å². The molecule has 1 atom stereocenters. The average Bonchev–Trinajstić information content (AvgIpc) is 2.40. The van der Waals surface area contributed by atoms with Gasteiger partial charge in [-0.2, -0.15) is 0 Å². The molecule has 0 aliphatic rings. The zero-order valence-corrected chi connectivity index (χ0v) is 10.9. The van der Waals surface area contributed by atoms with Crippen molar-refractivity contribution in [1.29, 1.82) is 0 Å². The summed E-state index contributed by atoms with van der Waals surface area (Å²) in [7, 11) is 0. The molecule has 2 amide bonds. The van der Waals surface area contributed by atoms with Gasteiger partial charge in [0.05, 0.1) is 5.92 Å². The smallest absolute Gasteiger partial charge is 0.314 e. The second-order valence-electron chi connectivity index (χ2n) is 4.19. The van der Waals surface area contributed by atoms with Gasteiger partial charge in [-0.05, 0) is 24.5 Å². The van der Waals surface area contributed by atoms with Gasteiger partial charge in [-0.1, -0.05) is 13.0 Å². The second kappa shape index (κ2) is 8.07. The first-order chi connectivity index (χ1) is 9.13. The SMILES string of the molecule is CCC(CNC(=O)NCCc1cccnc1)C(=O)O. The van der Waals surface area contributed by atoms with Crippen LogP contribution < -0.4 is 10.6 Å². The fraction of sp³-hybridized carbons (Fsp3) is 0.462. The number of nitrogens with one attached hydrogen (secondary N) is 2. The fourth-order valence-corrected chi connectivity index (χ4v) is 1.55. The van der Waals surface area contributed by atoms with Gasteiger partial charge in [0.15, 0.2) is 0 Å². The van der Waals surface area contributed by atoms with E-state index in [-0.39, 0.29) is 12.6 Å². The van der Waals surface area contributed by atoms with Crippen molar-refractivity contribution in [3.05, 3.63) is 30.1 Å². The zero-order chi connectivity index (χ0) is 14.1. The van der Waals surface area contributed by atoms with E-state index in [9.17, 15) is 9.59 Å². The summed E-state index contributed by atoms with van der Waals surface area (Å²) in [4.78, 5) is 26.2. The Morgan fingerprint density at radius 1 is 1.42 bits per heavy atom. The van der Waals surface area contributed by atoms with E-state index < -0.39 is 11.9 Å². The van der Waals surface area contributed by atoms with Crippen LogP contribution in [0.2, 0.25) is 0 Å². The molecule has 0 spiro atoms. The molecule has 19 heavy (non-hydrogen) atoms. The van der Waals surface area contributed by atoms with Crippen LogP contribution in [0.3, 0.4) is 0 Å². The number of urea groups is 1. The number of carbonyl (C=O) groups is 2. The minimum atomic E-state index is -0.891. The third kappa shape index (κ3) is 5.85. The number of hydrogen-bond donors (Lipinski definition) is 3. The highest BCUT2D eigenvalue weighted by molar-refractivity contribution is 5.75. The quantitative estimate of drug-likeness (QED) is 0.686. The van der Waals surface area contributed by atoms with Crippen LogP contribution in [-0.4, -0.2) is 35.2 Å². The number of nitrogens with zero attached hydrogens (tertiary/aromatic N) is 1. The van der Waals surface area contributed by atoms with Crippen LogP contribution in [0.15, 0.2) is 24.5 Å². The summed E-state index contributed by atoms with van der Waals surface area (Å²) in [5.41, 5.74) is 1.04. The van der Waals surface area contributed by atoms with E-state index in [0.29, 0.717) is 19.4 Å². The molecule has 1 aromatic heterocycles. The standard InChI is InChI=1S/C13H19N3O3/c1-2-11(12(17)18)9-16-13(19)15-7-5-10-4-3-6-14-8-10/h3-4,6,8,11H,2,5,7,9H2,1H3,(H,17,18)(H2,15,16,19). The molecule has 0 aliphatic heterocycles. The number of aliphatic carboxylic acids is 1. The van der Waals surface area contributed by atoms with Crippen LogP contribution in [0.5, 0.6) is 0 Å². The summed E-state index contributed by atoms with van der Waals surface area (Å²) in [6.07, 6.45) is 4.63. The first-order valence-electron chi connectivity index (χ1n) is 6.27. The van der Waals surface area contributed by atoms with Gasteiger partial charge in [-0.3, -0.25) is 9.78 Å². The number of hydrogen-bond acceptors (Lipinski definition) is 3.